The standard InChI is InChI=1S/C15H16ClNO4/c16-11-3-1-2-4-12(11)21-10-5-8-17(9-10)13(18)15(6-7-15)14(19)20/h1-4,10H,5-9H2,(H,19,20)/t10-/m1/s1. The zero-order valence-electron chi connectivity index (χ0n) is 11.4. The van der Waals surface area contributed by atoms with Gasteiger partial charge in [0.05, 0.1) is 11.6 Å². The summed E-state index contributed by atoms with van der Waals surface area (Å²) in [4.78, 5) is 25.1. The lowest BCUT2D eigenvalue weighted by Gasteiger charge is -2.21. The first-order valence-corrected chi connectivity index (χ1v) is 7.35. The van der Waals surface area contributed by atoms with Crippen LogP contribution in [0.1, 0.15) is 19.3 Å². The molecule has 1 aliphatic carbocycles. The van der Waals surface area contributed by atoms with Crippen molar-refractivity contribution in [3.63, 3.8) is 0 Å². The largest absolute Gasteiger partial charge is 0.487 e. The first kappa shape index (κ1) is 14.2. The van der Waals surface area contributed by atoms with Crippen molar-refractivity contribution in [1.29, 1.82) is 0 Å². The molecule has 1 aliphatic heterocycles. The molecule has 1 atom stereocenters. The Labute approximate surface area is 127 Å². The number of carbonyl (C=O) groups is 2. The van der Waals surface area contributed by atoms with E-state index in [1.807, 2.05) is 12.1 Å². The average molecular weight is 310 g/mol. The molecule has 0 spiro atoms. The van der Waals surface area contributed by atoms with Crippen molar-refractivity contribution in [3.05, 3.63) is 29.3 Å². The molecule has 0 unspecified atom stereocenters. The maximum atomic E-state index is 12.3. The Morgan fingerprint density at radius 2 is 2.05 bits per heavy atom. The highest BCUT2D eigenvalue weighted by molar-refractivity contribution is 6.32. The fraction of sp³-hybridized carbons (Fsp3) is 0.467. The summed E-state index contributed by atoms with van der Waals surface area (Å²) in [6.45, 7) is 0.946. The fourth-order valence-electron chi connectivity index (χ4n) is 2.68. The maximum Gasteiger partial charge on any atom is 0.319 e. The van der Waals surface area contributed by atoms with E-state index in [0.717, 1.165) is 0 Å². The molecule has 0 aromatic heterocycles. The number of rotatable bonds is 4. The van der Waals surface area contributed by atoms with E-state index in [1.165, 1.54) is 0 Å². The second-order valence-electron chi connectivity index (χ2n) is 5.60. The highest BCUT2D eigenvalue weighted by Gasteiger charge is 2.59. The third-order valence-electron chi connectivity index (χ3n) is 4.13. The van der Waals surface area contributed by atoms with Crippen molar-refractivity contribution >= 4 is 23.5 Å². The van der Waals surface area contributed by atoms with E-state index < -0.39 is 11.4 Å². The van der Waals surface area contributed by atoms with Crippen LogP contribution in [0.15, 0.2) is 24.3 Å². The number of ether oxygens (including phenoxy) is 1. The number of hydrogen-bond donors (Lipinski definition) is 1. The number of hydrogen-bond acceptors (Lipinski definition) is 3. The molecule has 6 heteroatoms. The van der Waals surface area contributed by atoms with Gasteiger partial charge in [0.2, 0.25) is 5.91 Å². The maximum absolute atomic E-state index is 12.3. The number of likely N-dealkylation sites (tertiary alicyclic amines) is 1. The Kier molecular flexibility index (Phi) is 3.53. The molecule has 2 fully saturated rings. The first-order chi connectivity index (χ1) is 10.0. The van der Waals surface area contributed by atoms with Crippen LogP contribution in [0.4, 0.5) is 0 Å². The SMILES string of the molecule is O=C(O)C1(C(=O)N2CC[C@@H](Oc3ccccc3Cl)C2)CC1. The van der Waals surface area contributed by atoms with E-state index in [1.54, 1.807) is 17.0 Å². The normalized spacial score (nSPS) is 22.9. The number of nitrogens with zero attached hydrogens (tertiary/aromatic N) is 1. The van der Waals surface area contributed by atoms with Crippen molar-refractivity contribution in [1.82, 2.24) is 4.90 Å². The molecule has 1 saturated carbocycles. The van der Waals surface area contributed by atoms with Gasteiger partial charge in [0.1, 0.15) is 17.3 Å². The Balaban J connectivity index is 1.63. The Bertz CT molecular complexity index is 585. The molecule has 1 aromatic rings. The molecule has 5 nitrogen and oxygen atoms in total. The quantitative estimate of drug-likeness (QED) is 0.866. The van der Waals surface area contributed by atoms with E-state index in [-0.39, 0.29) is 12.0 Å². The number of para-hydroxylation sites is 1. The van der Waals surface area contributed by atoms with E-state index in [4.69, 9.17) is 16.3 Å². The molecular formula is C15H16ClNO4. The Hall–Kier alpha value is -1.75. The molecule has 112 valence electrons. The molecule has 3 rings (SSSR count). The molecule has 1 N–H and O–H groups in total. The van der Waals surface area contributed by atoms with Gasteiger partial charge in [0.15, 0.2) is 0 Å². The summed E-state index contributed by atoms with van der Waals surface area (Å²) in [7, 11) is 0. The first-order valence-electron chi connectivity index (χ1n) is 6.97. The summed E-state index contributed by atoms with van der Waals surface area (Å²) in [6, 6.07) is 7.19. The molecule has 1 heterocycles. The lowest BCUT2D eigenvalue weighted by Crippen LogP contribution is -2.40. The lowest BCUT2D eigenvalue weighted by molar-refractivity contribution is -0.153. The van der Waals surface area contributed by atoms with Gasteiger partial charge in [-0.25, -0.2) is 0 Å². The van der Waals surface area contributed by atoms with Crippen LogP contribution in [0.5, 0.6) is 5.75 Å². The summed E-state index contributed by atoms with van der Waals surface area (Å²) in [5.41, 5.74) is -1.17. The van der Waals surface area contributed by atoms with Gasteiger partial charge in [0, 0.05) is 13.0 Å². The van der Waals surface area contributed by atoms with E-state index in [2.05, 4.69) is 0 Å². The summed E-state index contributed by atoms with van der Waals surface area (Å²) < 4.78 is 5.81. The lowest BCUT2D eigenvalue weighted by atomic mass is 10.1. The number of carbonyl (C=O) groups excluding carboxylic acids is 1. The predicted molar refractivity (Wildman–Crippen MR) is 76.4 cm³/mol. The van der Waals surface area contributed by atoms with E-state index >= 15 is 0 Å². The van der Waals surface area contributed by atoms with Crippen molar-refractivity contribution in [2.24, 2.45) is 5.41 Å². The van der Waals surface area contributed by atoms with Gasteiger partial charge < -0.3 is 14.7 Å². The number of amides is 1. The molecule has 0 radical (unpaired) electrons. The minimum Gasteiger partial charge on any atom is -0.487 e. The molecule has 1 aromatic carbocycles. The Morgan fingerprint density at radius 3 is 2.67 bits per heavy atom. The number of benzene rings is 1. The number of carboxylic acid groups (broad SMARTS) is 1. The predicted octanol–water partition coefficient (Wildman–Crippen LogP) is 2.18. The van der Waals surface area contributed by atoms with Crippen LogP contribution in [0.3, 0.4) is 0 Å². The van der Waals surface area contributed by atoms with Gasteiger partial charge in [-0.15, -0.1) is 0 Å². The van der Waals surface area contributed by atoms with Crippen LogP contribution >= 0.6 is 11.6 Å². The third-order valence-corrected chi connectivity index (χ3v) is 4.44. The van der Waals surface area contributed by atoms with Gasteiger partial charge in [-0.1, -0.05) is 23.7 Å². The van der Waals surface area contributed by atoms with Gasteiger partial charge in [-0.05, 0) is 25.0 Å². The van der Waals surface area contributed by atoms with Gasteiger partial charge >= 0.3 is 5.97 Å². The third kappa shape index (κ3) is 2.58. The van der Waals surface area contributed by atoms with Crippen molar-refractivity contribution < 1.29 is 19.4 Å². The minimum atomic E-state index is -1.17. The molecule has 1 saturated heterocycles. The monoisotopic (exact) mass is 309 g/mol. The molecule has 1 amide bonds. The second-order valence-corrected chi connectivity index (χ2v) is 6.00. The second kappa shape index (κ2) is 5.22. The van der Waals surface area contributed by atoms with Crippen LogP contribution in [0.25, 0.3) is 0 Å². The van der Waals surface area contributed by atoms with Crippen LogP contribution in [0.2, 0.25) is 5.02 Å². The highest BCUT2D eigenvalue weighted by atomic mass is 35.5. The van der Waals surface area contributed by atoms with Crippen LogP contribution in [-0.4, -0.2) is 41.1 Å². The zero-order chi connectivity index (χ0) is 15.0. The molecule has 0 bridgehead atoms. The topological polar surface area (TPSA) is 66.8 Å². The minimum absolute atomic E-state index is 0.140. The molecule has 21 heavy (non-hydrogen) atoms. The van der Waals surface area contributed by atoms with Crippen molar-refractivity contribution in [2.75, 3.05) is 13.1 Å². The molecule has 2 aliphatic rings. The summed E-state index contributed by atoms with van der Waals surface area (Å²) in [5.74, 6) is -0.693. The zero-order valence-corrected chi connectivity index (χ0v) is 12.2. The molecular weight excluding hydrogens is 294 g/mol. The van der Waals surface area contributed by atoms with Gasteiger partial charge in [-0.3, -0.25) is 9.59 Å². The highest BCUT2D eigenvalue weighted by Crippen LogP contribution is 2.48. The van der Waals surface area contributed by atoms with Crippen molar-refractivity contribution in [2.45, 2.75) is 25.4 Å². The summed E-state index contributed by atoms with van der Waals surface area (Å²) in [5, 5.41) is 9.71. The number of halogens is 1. The van der Waals surface area contributed by atoms with Crippen LogP contribution < -0.4 is 4.74 Å². The van der Waals surface area contributed by atoms with E-state index in [0.29, 0.717) is 43.1 Å². The average Bonchev–Trinajstić information content (AvgIpc) is 3.15. The smallest absolute Gasteiger partial charge is 0.319 e. The fourth-order valence-corrected chi connectivity index (χ4v) is 2.86. The van der Waals surface area contributed by atoms with E-state index in [9.17, 15) is 14.7 Å². The number of aliphatic carboxylic acids is 1. The summed E-state index contributed by atoms with van der Waals surface area (Å²) in [6.07, 6.45) is 1.42. The van der Waals surface area contributed by atoms with Gasteiger partial charge in [-0.2, -0.15) is 0 Å². The van der Waals surface area contributed by atoms with Gasteiger partial charge in [0.25, 0.3) is 0 Å². The van der Waals surface area contributed by atoms with Crippen LogP contribution in [-0.2, 0) is 9.59 Å². The van der Waals surface area contributed by atoms with Crippen LogP contribution in [0, 0.1) is 5.41 Å². The number of carboxylic acids is 1. The van der Waals surface area contributed by atoms with Crippen molar-refractivity contribution in [3.8, 4) is 5.75 Å². The Morgan fingerprint density at radius 1 is 1.33 bits per heavy atom. The summed E-state index contributed by atoms with van der Waals surface area (Å²) >= 11 is 6.04.